The molecule has 2 fully saturated rings. The summed E-state index contributed by atoms with van der Waals surface area (Å²) in [6.07, 6.45) is 0. The standard InChI is InChI=1S/C15H20F2N2O2.C13H18F2N2O/c1-3-21-15(20)11(2)18-6-8-19(9-7-18)14-5-4-12(16)10-13(14)17;1-10(9-18)16-4-6-17(7-5-16)13-3-2-11(14)8-12(13)15/h4-5,10-11H,3,6-9H2,1-2H3;2-3,8,10,18H,4-7,9H2,1H3. The van der Waals surface area contributed by atoms with Crippen LogP contribution in [0.5, 0.6) is 0 Å². The Labute approximate surface area is 227 Å². The second-order valence-corrected chi connectivity index (χ2v) is 9.70. The molecule has 2 aliphatic rings. The molecule has 0 bridgehead atoms. The predicted molar refractivity (Wildman–Crippen MR) is 143 cm³/mol. The van der Waals surface area contributed by atoms with Crippen molar-refractivity contribution in [3.63, 3.8) is 0 Å². The summed E-state index contributed by atoms with van der Waals surface area (Å²) in [5.41, 5.74) is 0.854. The average Bonchev–Trinajstić information content (AvgIpc) is 2.93. The summed E-state index contributed by atoms with van der Waals surface area (Å²) >= 11 is 0. The first-order valence-electron chi connectivity index (χ1n) is 13.3. The van der Waals surface area contributed by atoms with Crippen molar-refractivity contribution in [3.05, 3.63) is 59.7 Å². The minimum absolute atomic E-state index is 0.130. The van der Waals surface area contributed by atoms with Crippen molar-refractivity contribution in [1.82, 2.24) is 9.80 Å². The number of halogens is 4. The highest BCUT2D eigenvalue weighted by Crippen LogP contribution is 2.23. The van der Waals surface area contributed by atoms with Gasteiger partial charge < -0.3 is 19.6 Å². The van der Waals surface area contributed by atoms with Gasteiger partial charge in [0.05, 0.1) is 24.6 Å². The summed E-state index contributed by atoms with van der Waals surface area (Å²) in [7, 11) is 0. The largest absolute Gasteiger partial charge is 0.465 e. The molecule has 2 heterocycles. The Hall–Kier alpha value is -2.89. The number of esters is 1. The van der Waals surface area contributed by atoms with Crippen LogP contribution in [-0.4, -0.2) is 98.5 Å². The van der Waals surface area contributed by atoms with Crippen molar-refractivity contribution in [2.45, 2.75) is 32.9 Å². The van der Waals surface area contributed by atoms with Crippen LogP contribution in [0, 0.1) is 23.3 Å². The molecule has 2 aliphatic heterocycles. The van der Waals surface area contributed by atoms with Crippen molar-refractivity contribution < 1.29 is 32.2 Å². The number of aliphatic hydroxyl groups is 1. The van der Waals surface area contributed by atoms with Crippen LogP contribution < -0.4 is 9.80 Å². The quantitative estimate of drug-likeness (QED) is 0.415. The molecule has 0 radical (unpaired) electrons. The van der Waals surface area contributed by atoms with Gasteiger partial charge in [0, 0.05) is 70.5 Å². The molecule has 11 heteroatoms. The number of hydrogen-bond donors (Lipinski definition) is 1. The summed E-state index contributed by atoms with van der Waals surface area (Å²) in [6.45, 7) is 11.4. The summed E-state index contributed by atoms with van der Waals surface area (Å²) in [5.74, 6) is -2.44. The van der Waals surface area contributed by atoms with Crippen molar-refractivity contribution in [3.8, 4) is 0 Å². The predicted octanol–water partition coefficient (Wildman–Crippen LogP) is 3.51. The number of benzene rings is 2. The monoisotopic (exact) mass is 554 g/mol. The lowest BCUT2D eigenvalue weighted by Gasteiger charge is -2.38. The second kappa shape index (κ2) is 14.5. The maximum Gasteiger partial charge on any atom is 0.323 e. The smallest absolute Gasteiger partial charge is 0.323 e. The Morgan fingerprint density at radius 3 is 1.62 bits per heavy atom. The van der Waals surface area contributed by atoms with Crippen LogP contribution in [0.4, 0.5) is 28.9 Å². The Morgan fingerprint density at radius 1 is 0.795 bits per heavy atom. The summed E-state index contributed by atoms with van der Waals surface area (Å²) in [5, 5.41) is 9.09. The maximum absolute atomic E-state index is 13.7. The van der Waals surface area contributed by atoms with Gasteiger partial charge >= 0.3 is 5.97 Å². The number of nitrogens with zero attached hydrogens (tertiary/aromatic N) is 4. The third-order valence-corrected chi connectivity index (χ3v) is 7.19. The Kier molecular flexibility index (Phi) is 11.4. The molecule has 0 aliphatic carbocycles. The van der Waals surface area contributed by atoms with Gasteiger partial charge in [-0.25, -0.2) is 17.6 Å². The molecule has 0 saturated carbocycles. The fourth-order valence-corrected chi connectivity index (χ4v) is 4.76. The molecule has 2 aromatic rings. The van der Waals surface area contributed by atoms with Crippen LogP contribution in [0.15, 0.2) is 36.4 Å². The van der Waals surface area contributed by atoms with Gasteiger partial charge in [-0.2, -0.15) is 0 Å². The van der Waals surface area contributed by atoms with Gasteiger partial charge in [-0.3, -0.25) is 14.6 Å². The highest BCUT2D eigenvalue weighted by Gasteiger charge is 2.27. The van der Waals surface area contributed by atoms with E-state index in [-0.39, 0.29) is 24.7 Å². The van der Waals surface area contributed by atoms with Gasteiger partial charge in [0.1, 0.15) is 29.3 Å². The van der Waals surface area contributed by atoms with Gasteiger partial charge in [0.15, 0.2) is 0 Å². The number of rotatable bonds is 7. The van der Waals surface area contributed by atoms with Gasteiger partial charge in [-0.15, -0.1) is 0 Å². The molecule has 1 N–H and O–H groups in total. The Balaban J connectivity index is 0.000000218. The fourth-order valence-electron chi connectivity index (χ4n) is 4.76. The van der Waals surface area contributed by atoms with Crippen LogP contribution in [0.25, 0.3) is 0 Å². The summed E-state index contributed by atoms with van der Waals surface area (Å²) in [6, 6.07) is 7.11. The molecule has 4 rings (SSSR count). The van der Waals surface area contributed by atoms with E-state index in [4.69, 9.17) is 9.84 Å². The van der Waals surface area contributed by atoms with Crippen molar-refractivity contribution in [2.24, 2.45) is 0 Å². The molecule has 0 aromatic heterocycles. The lowest BCUT2D eigenvalue weighted by Crippen LogP contribution is -2.52. The number of aliphatic hydroxyl groups excluding tert-OH is 1. The van der Waals surface area contributed by atoms with E-state index in [1.54, 1.807) is 6.92 Å². The molecule has 0 spiro atoms. The fraction of sp³-hybridized carbons (Fsp3) is 0.536. The highest BCUT2D eigenvalue weighted by atomic mass is 19.1. The van der Waals surface area contributed by atoms with Crippen LogP contribution in [0.3, 0.4) is 0 Å². The van der Waals surface area contributed by atoms with E-state index in [1.807, 2.05) is 28.5 Å². The zero-order valence-corrected chi connectivity index (χ0v) is 22.8. The van der Waals surface area contributed by atoms with Crippen molar-refractivity contribution in [2.75, 3.05) is 75.4 Å². The molecule has 2 saturated heterocycles. The molecule has 2 atom stereocenters. The van der Waals surface area contributed by atoms with Crippen LogP contribution in [0.1, 0.15) is 20.8 Å². The van der Waals surface area contributed by atoms with Gasteiger partial charge in [-0.05, 0) is 45.0 Å². The number of hydrogen-bond acceptors (Lipinski definition) is 7. The van der Waals surface area contributed by atoms with Gasteiger partial charge in [0.25, 0.3) is 0 Å². The van der Waals surface area contributed by atoms with Crippen LogP contribution in [-0.2, 0) is 9.53 Å². The van der Waals surface area contributed by atoms with Gasteiger partial charge in [-0.1, -0.05) is 0 Å². The molecular formula is C28H38F4N4O3. The highest BCUT2D eigenvalue weighted by molar-refractivity contribution is 5.75. The number of piperazine rings is 2. The third kappa shape index (κ3) is 8.30. The summed E-state index contributed by atoms with van der Waals surface area (Å²) in [4.78, 5) is 19.7. The van der Waals surface area contributed by atoms with E-state index in [1.165, 1.54) is 24.3 Å². The zero-order chi connectivity index (χ0) is 28.5. The topological polar surface area (TPSA) is 59.5 Å². The molecule has 39 heavy (non-hydrogen) atoms. The summed E-state index contributed by atoms with van der Waals surface area (Å²) < 4.78 is 58.1. The molecule has 216 valence electrons. The maximum atomic E-state index is 13.7. The normalized spacial score (nSPS) is 18.3. The molecule has 7 nitrogen and oxygen atoms in total. The second-order valence-electron chi connectivity index (χ2n) is 9.70. The first-order valence-corrected chi connectivity index (χ1v) is 13.3. The third-order valence-electron chi connectivity index (χ3n) is 7.19. The van der Waals surface area contributed by atoms with E-state index in [9.17, 15) is 22.4 Å². The van der Waals surface area contributed by atoms with Crippen LogP contribution >= 0.6 is 0 Å². The van der Waals surface area contributed by atoms with E-state index < -0.39 is 23.3 Å². The minimum atomic E-state index is -0.578. The van der Waals surface area contributed by atoms with E-state index in [0.29, 0.717) is 57.3 Å². The SMILES string of the molecule is CC(CO)N1CCN(c2ccc(F)cc2F)CC1.CCOC(=O)C(C)N1CCN(c2ccc(F)cc2F)CC1. The lowest BCUT2D eigenvalue weighted by molar-refractivity contribution is -0.149. The number of anilines is 2. The molecule has 2 aromatic carbocycles. The van der Waals surface area contributed by atoms with E-state index in [0.717, 1.165) is 25.2 Å². The first kappa shape index (κ1) is 30.6. The van der Waals surface area contributed by atoms with Crippen molar-refractivity contribution in [1.29, 1.82) is 0 Å². The molecular weight excluding hydrogens is 516 g/mol. The van der Waals surface area contributed by atoms with E-state index in [2.05, 4.69) is 4.90 Å². The number of carbonyl (C=O) groups excluding carboxylic acids is 1. The van der Waals surface area contributed by atoms with Crippen molar-refractivity contribution >= 4 is 17.3 Å². The Morgan fingerprint density at radius 2 is 1.23 bits per heavy atom. The van der Waals surface area contributed by atoms with Gasteiger partial charge in [0.2, 0.25) is 0 Å². The number of ether oxygens (including phenoxy) is 1. The van der Waals surface area contributed by atoms with Crippen LogP contribution in [0.2, 0.25) is 0 Å². The molecule has 2 unspecified atom stereocenters. The molecule has 0 amide bonds. The average molecular weight is 555 g/mol. The Bertz CT molecular complexity index is 1080. The minimum Gasteiger partial charge on any atom is -0.465 e. The first-order chi connectivity index (χ1) is 18.6. The number of carbonyl (C=O) groups is 1. The zero-order valence-electron chi connectivity index (χ0n) is 22.8. The van der Waals surface area contributed by atoms with E-state index >= 15 is 0 Å². The lowest BCUT2D eigenvalue weighted by atomic mass is 10.2.